The summed E-state index contributed by atoms with van der Waals surface area (Å²) < 4.78 is 18.5. The molecule has 0 bridgehead atoms. The number of rotatable bonds is 5. The van der Waals surface area contributed by atoms with Crippen LogP contribution < -0.4 is 5.32 Å². The maximum absolute atomic E-state index is 13.7. The molecule has 0 aliphatic heterocycles. The van der Waals surface area contributed by atoms with E-state index in [0.29, 0.717) is 12.0 Å². The minimum absolute atomic E-state index is 0.00227. The van der Waals surface area contributed by atoms with Crippen molar-refractivity contribution >= 4 is 27.5 Å². The van der Waals surface area contributed by atoms with Crippen molar-refractivity contribution in [2.45, 2.75) is 19.4 Å². The third kappa shape index (κ3) is 3.34. The second-order valence-corrected chi connectivity index (χ2v) is 5.41. The van der Waals surface area contributed by atoms with Gasteiger partial charge in [-0.15, -0.1) is 5.10 Å². The fraction of sp³-hybridized carbons (Fsp3) is 0.333. The Morgan fingerprint density at radius 2 is 2.33 bits per heavy atom. The van der Waals surface area contributed by atoms with E-state index < -0.39 is 0 Å². The maximum Gasteiger partial charge on any atom is 0.126 e. The molecular formula is C12H13BrFN3S. The molecule has 0 fully saturated rings. The molecule has 0 saturated heterocycles. The second kappa shape index (κ2) is 6.36. The molecule has 0 spiro atoms. The van der Waals surface area contributed by atoms with Gasteiger partial charge in [-0.25, -0.2) is 4.39 Å². The highest BCUT2D eigenvalue weighted by molar-refractivity contribution is 9.10. The lowest BCUT2D eigenvalue weighted by Gasteiger charge is -2.15. The molecule has 1 unspecified atom stereocenters. The van der Waals surface area contributed by atoms with Gasteiger partial charge in [0, 0.05) is 9.85 Å². The summed E-state index contributed by atoms with van der Waals surface area (Å²) in [6.45, 7) is 2.82. The van der Waals surface area contributed by atoms with Crippen LogP contribution >= 0.6 is 27.5 Å². The van der Waals surface area contributed by atoms with Crippen LogP contribution in [0, 0.1) is 5.82 Å². The molecule has 1 aromatic carbocycles. The highest BCUT2D eigenvalue weighted by atomic mass is 79.9. The van der Waals surface area contributed by atoms with Crippen LogP contribution in [-0.4, -0.2) is 16.1 Å². The van der Waals surface area contributed by atoms with Gasteiger partial charge < -0.3 is 5.32 Å². The van der Waals surface area contributed by atoms with Crippen LogP contribution in [0.2, 0.25) is 0 Å². The van der Waals surface area contributed by atoms with E-state index >= 15 is 0 Å². The molecule has 6 heteroatoms. The lowest BCUT2D eigenvalue weighted by Crippen LogP contribution is -2.23. The highest BCUT2D eigenvalue weighted by Gasteiger charge is 2.16. The Labute approximate surface area is 118 Å². The number of aromatic nitrogens is 2. The Morgan fingerprint density at radius 3 is 3.00 bits per heavy atom. The monoisotopic (exact) mass is 329 g/mol. The summed E-state index contributed by atoms with van der Waals surface area (Å²) in [6.07, 6.45) is 0.560. The Morgan fingerprint density at radius 1 is 1.50 bits per heavy atom. The van der Waals surface area contributed by atoms with Gasteiger partial charge >= 0.3 is 0 Å². The number of nitrogens with zero attached hydrogens (tertiary/aromatic N) is 2. The summed E-state index contributed by atoms with van der Waals surface area (Å²) in [6, 6.07) is 4.98. The number of nitrogens with one attached hydrogen (secondary N) is 1. The van der Waals surface area contributed by atoms with Crippen molar-refractivity contribution in [3.8, 4) is 0 Å². The molecule has 1 N–H and O–H groups in total. The molecule has 2 aromatic rings. The molecular weight excluding hydrogens is 317 g/mol. The smallest absolute Gasteiger partial charge is 0.126 e. The van der Waals surface area contributed by atoms with Gasteiger partial charge in [-0.05, 0) is 48.3 Å². The Hall–Kier alpha value is -0.850. The predicted octanol–water partition coefficient (Wildman–Crippen LogP) is 3.33. The first-order chi connectivity index (χ1) is 8.70. The first-order valence-electron chi connectivity index (χ1n) is 5.65. The van der Waals surface area contributed by atoms with Gasteiger partial charge in [0.25, 0.3) is 0 Å². The van der Waals surface area contributed by atoms with Crippen LogP contribution in [0.25, 0.3) is 0 Å². The van der Waals surface area contributed by atoms with E-state index in [2.05, 4.69) is 30.8 Å². The van der Waals surface area contributed by atoms with Gasteiger partial charge in [-0.3, -0.25) is 0 Å². The molecule has 1 atom stereocenters. The zero-order valence-corrected chi connectivity index (χ0v) is 12.3. The van der Waals surface area contributed by atoms with Crippen LogP contribution in [-0.2, 0) is 6.42 Å². The van der Waals surface area contributed by atoms with Gasteiger partial charge in [-0.1, -0.05) is 27.3 Å². The lowest BCUT2D eigenvalue weighted by molar-refractivity contribution is 0.517. The van der Waals surface area contributed by atoms with E-state index in [4.69, 9.17) is 0 Å². The van der Waals surface area contributed by atoms with Crippen LogP contribution in [0.1, 0.15) is 24.2 Å². The third-order valence-electron chi connectivity index (χ3n) is 2.62. The van der Waals surface area contributed by atoms with Crippen LogP contribution in [0.3, 0.4) is 0 Å². The normalized spacial score (nSPS) is 12.6. The fourth-order valence-corrected chi connectivity index (χ4v) is 2.69. The average molecular weight is 330 g/mol. The zero-order chi connectivity index (χ0) is 13.0. The molecule has 0 aliphatic rings. The van der Waals surface area contributed by atoms with Gasteiger partial charge in [0.15, 0.2) is 0 Å². The van der Waals surface area contributed by atoms with Gasteiger partial charge in [0.05, 0.1) is 11.7 Å². The second-order valence-electron chi connectivity index (χ2n) is 3.88. The molecule has 2 rings (SSSR count). The zero-order valence-electron chi connectivity index (χ0n) is 9.86. The van der Waals surface area contributed by atoms with Gasteiger partial charge in [0.2, 0.25) is 0 Å². The molecule has 0 saturated carbocycles. The van der Waals surface area contributed by atoms with Crippen molar-refractivity contribution in [1.82, 2.24) is 14.9 Å². The Balaban J connectivity index is 2.21. The highest BCUT2D eigenvalue weighted by Crippen LogP contribution is 2.22. The van der Waals surface area contributed by atoms with Crippen molar-refractivity contribution in [2.24, 2.45) is 0 Å². The van der Waals surface area contributed by atoms with E-state index in [1.54, 1.807) is 12.1 Å². The predicted molar refractivity (Wildman–Crippen MR) is 74.1 cm³/mol. The van der Waals surface area contributed by atoms with Crippen molar-refractivity contribution in [1.29, 1.82) is 0 Å². The van der Waals surface area contributed by atoms with Gasteiger partial charge in [0.1, 0.15) is 5.82 Å². The topological polar surface area (TPSA) is 37.8 Å². The molecule has 18 heavy (non-hydrogen) atoms. The number of hydrogen-bond acceptors (Lipinski definition) is 4. The first-order valence-corrected chi connectivity index (χ1v) is 7.28. The molecule has 3 nitrogen and oxygen atoms in total. The summed E-state index contributed by atoms with van der Waals surface area (Å²) >= 11 is 4.67. The summed E-state index contributed by atoms with van der Waals surface area (Å²) in [5.74, 6) is -0.190. The molecule has 0 aliphatic carbocycles. The largest absolute Gasteiger partial charge is 0.309 e. The molecule has 0 amide bonds. The minimum Gasteiger partial charge on any atom is -0.309 e. The van der Waals surface area contributed by atoms with E-state index in [-0.39, 0.29) is 11.9 Å². The molecule has 1 heterocycles. The van der Waals surface area contributed by atoms with E-state index in [1.807, 2.05) is 12.3 Å². The number of hydrogen-bond donors (Lipinski definition) is 1. The van der Waals surface area contributed by atoms with Crippen molar-refractivity contribution < 1.29 is 4.39 Å². The van der Waals surface area contributed by atoms with Crippen molar-refractivity contribution in [2.75, 3.05) is 6.54 Å². The summed E-state index contributed by atoms with van der Waals surface area (Å²) in [5.41, 5.74) is 1.53. The fourth-order valence-electron chi connectivity index (χ4n) is 1.77. The number of halogens is 2. The lowest BCUT2D eigenvalue weighted by atomic mass is 10.0. The van der Waals surface area contributed by atoms with E-state index in [9.17, 15) is 4.39 Å². The van der Waals surface area contributed by atoms with E-state index in [0.717, 1.165) is 16.7 Å². The van der Waals surface area contributed by atoms with Crippen LogP contribution in [0.15, 0.2) is 28.1 Å². The van der Waals surface area contributed by atoms with Crippen molar-refractivity contribution in [3.05, 3.63) is 45.1 Å². The van der Waals surface area contributed by atoms with Crippen LogP contribution in [0.4, 0.5) is 4.39 Å². The molecule has 96 valence electrons. The quantitative estimate of drug-likeness (QED) is 0.914. The van der Waals surface area contributed by atoms with Gasteiger partial charge in [-0.2, -0.15) is 0 Å². The minimum atomic E-state index is -0.190. The van der Waals surface area contributed by atoms with Crippen molar-refractivity contribution in [3.63, 3.8) is 0 Å². The molecule has 1 aromatic heterocycles. The summed E-state index contributed by atoms with van der Waals surface area (Å²) in [4.78, 5) is 0. The standard InChI is InChI=1S/C12H13BrFN3S/c1-2-15-11(12-7-18-17-16-12)6-8-5-9(13)3-4-10(8)14/h3-5,7,11,15H,2,6H2,1H3. The first kappa shape index (κ1) is 13.6. The third-order valence-corrected chi connectivity index (χ3v) is 3.63. The van der Waals surface area contributed by atoms with Crippen LogP contribution in [0.5, 0.6) is 0 Å². The summed E-state index contributed by atoms with van der Waals surface area (Å²) in [5, 5.41) is 9.25. The number of benzene rings is 1. The Kier molecular flexibility index (Phi) is 4.79. The van der Waals surface area contributed by atoms with E-state index in [1.165, 1.54) is 17.6 Å². The average Bonchev–Trinajstić information content (AvgIpc) is 2.87. The Bertz CT molecular complexity index is 504. The number of likely N-dealkylation sites (N-methyl/N-ethyl adjacent to an activating group) is 1. The maximum atomic E-state index is 13.7. The summed E-state index contributed by atoms with van der Waals surface area (Å²) in [7, 11) is 0. The molecule has 0 radical (unpaired) electrons. The SMILES string of the molecule is CCNC(Cc1cc(Br)ccc1F)c1csnn1.